The molecule has 0 aromatic carbocycles. The van der Waals surface area contributed by atoms with Crippen molar-refractivity contribution < 1.29 is 19.8 Å². The number of aliphatic carboxylic acids is 1. The third-order valence-corrected chi connectivity index (χ3v) is 3.68. The quantitative estimate of drug-likeness (QED) is 0.774. The van der Waals surface area contributed by atoms with E-state index in [1.807, 2.05) is 6.92 Å². The molecular weight excluding hydrogens is 236 g/mol. The highest BCUT2D eigenvalue weighted by molar-refractivity contribution is 5.77. The Bertz CT molecular complexity index is 311. The maximum Gasteiger partial charge on any atom is 0.320 e. The van der Waals surface area contributed by atoms with E-state index in [0.717, 1.165) is 0 Å². The van der Waals surface area contributed by atoms with Crippen molar-refractivity contribution in [2.75, 3.05) is 32.8 Å². The number of amides is 2. The zero-order chi connectivity index (χ0) is 13.8. The molecule has 2 N–H and O–H groups in total. The Morgan fingerprint density at radius 1 is 1.33 bits per heavy atom. The predicted molar refractivity (Wildman–Crippen MR) is 66.3 cm³/mol. The first-order valence-corrected chi connectivity index (χ1v) is 6.32. The standard InChI is InChI=1S/C12H22N2O4/c1-3-13(8-9-15)11(18)14-6-4-12(2,5-7-14)10(16)17/h15H,3-9H2,1-2H3,(H,16,17). The number of piperidine rings is 1. The van der Waals surface area contributed by atoms with E-state index < -0.39 is 11.4 Å². The molecule has 104 valence electrons. The van der Waals surface area contributed by atoms with Gasteiger partial charge < -0.3 is 20.0 Å². The third-order valence-electron chi connectivity index (χ3n) is 3.68. The summed E-state index contributed by atoms with van der Waals surface area (Å²) in [6.07, 6.45) is 0.954. The monoisotopic (exact) mass is 258 g/mol. The van der Waals surface area contributed by atoms with Gasteiger partial charge in [0.1, 0.15) is 0 Å². The summed E-state index contributed by atoms with van der Waals surface area (Å²) in [6, 6.07) is -0.112. The number of urea groups is 1. The highest BCUT2D eigenvalue weighted by Crippen LogP contribution is 2.31. The Balaban J connectivity index is 2.57. The first kappa shape index (κ1) is 14.8. The molecule has 0 spiro atoms. The lowest BCUT2D eigenvalue weighted by atomic mass is 9.80. The largest absolute Gasteiger partial charge is 0.481 e. The predicted octanol–water partition coefficient (Wildman–Crippen LogP) is 0.607. The van der Waals surface area contributed by atoms with E-state index in [0.29, 0.717) is 39.0 Å². The van der Waals surface area contributed by atoms with Crippen LogP contribution in [0.5, 0.6) is 0 Å². The van der Waals surface area contributed by atoms with Crippen LogP contribution in [-0.4, -0.2) is 64.8 Å². The molecule has 0 aliphatic carbocycles. The van der Waals surface area contributed by atoms with Gasteiger partial charge in [-0.05, 0) is 26.7 Å². The van der Waals surface area contributed by atoms with Crippen molar-refractivity contribution in [1.29, 1.82) is 0 Å². The highest BCUT2D eigenvalue weighted by Gasteiger charge is 2.38. The zero-order valence-electron chi connectivity index (χ0n) is 11.1. The fourth-order valence-electron chi connectivity index (χ4n) is 2.12. The van der Waals surface area contributed by atoms with E-state index in [2.05, 4.69) is 0 Å². The van der Waals surface area contributed by atoms with Crippen molar-refractivity contribution in [1.82, 2.24) is 9.80 Å². The lowest BCUT2D eigenvalue weighted by Gasteiger charge is -2.38. The van der Waals surface area contributed by atoms with Gasteiger partial charge >= 0.3 is 12.0 Å². The summed E-state index contributed by atoms with van der Waals surface area (Å²) in [5, 5.41) is 18.0. The smallest absolute Gasteiger partial charge is 0.320 e. The lowest BCUT2D eigenvalue weighted by Crippen LogP contribution is -2.50. The average molecular weight is 258 g/mol. The molecule has 0 radical (unpaired) electrons. The third kappa shape index (κ3) is 3.13. The number of hydrogen-bond acceptors (Lipinski definition) is 3. The van der Waals surface area contributed by atoms with Crippen LogP contribution in [0.3, 0.4) is 0 Å². The number of carboxylic acid groups (broad SMARTS) is 1. The molecule has 6 heteroatoms. The Hall–Kier alpha value is -1.30. The summed E-state index contributed by atoms with van der Waals surface area (Å²) in [6.45, 7) is 5.32. The van der Waals surface area contributed by atoms with Gasteiger partial charge in [-0.25, -0.2) is 4.79 Å². The second-order valence-corrected chi connectivity index (χ2v) is 4.94. The summed E-state index contributed by atoms with van der Waals surface area (Å²) >= 11 is 0. The second kappa shape index (κ2) is 6.04. The molecule has 0 atom stereocenters. The minimum Gasteiger partial charge on any atom is -0.481 e. The van der Waals surface area contributed by atoms with Crippen LogP contribution in [-0.2, 0) is 4.79 Å². The van der Waals surface area contributed by atoms with Gasteiger partial charge in [0, 0.05) is 26.2 Å². The fraction of sp³-hybridized carbons (Fsp3) is 0.833. The molecule has 1 fully saturated rings. The van der Waals surface area contributed by atoms with E-state index in [4.69, 9.17) is 10.2 Å². The van der Waals surface area contributed by atoms with Crippen molar-refractivity contribution in [3.05, 3.63) is 0 Å². The lowest BCUT2D eigenvalue weighted by molar-refractivity contribution is -0.150. The van der Waals surface area contributed by atoms with Gasteiger partial charge in [-0.1, -0.05) is 0 Å². The van der Waals surface area contributed by atoms with Crippen LogP contribution in [0.1, 0.15) is 26.7 Å². The van der Waals surface area contributed by atoms with Gasteiger partial charge in [0.05, 0.1) is 12.0 Å². The molecule has 0 bridgehead atoms. The second-order valence-electron chi connectivity index (χ2n) is 4.94. The Morgan fingerprint density at radius 3 is 2.28 bits per heavy atom. The maximum atomic E-state index is 12.1. The minimum atomic E-state index is -0.794. The van der Waals surface area contributed by atoms with Crippen LogP contribution in [0, 0.1) is 5.41 Å². The molecule has 1 rings (SSSR count). The minimum absolute atomic E-state index is 0.0553. The highest BCUT2D eigenvalue weighted by atomic mass is 16.4. The number of aliphatic hydroxyl groups excluding tert-OH is 1. The summed E-state index contributed by atoms with van der Waals surface area (Å²) < 4.78 is 0. The number of carbonyl (C=O) groups is 2. The molecule has 1 aliphatic heterocycles. The number of rotatable bonds is 4. The van der Waals surface area contributed by atoms with Gasteiger partial charge in [0.25, 0.3) is 0 Å². The van der Waals surface area contributed by atoms with Crippen molar-refractivity contribution >= 4 is 12.0 Å². The molecule has 6 nitrogen and oxygen atoms in total. The molecule has 0 unspecified atom stereocenters. The summed E-state index contributed by atoms with van der Waals surface area (Å²) in [7, 11) is 0. The van der Waals surface area contributed by atoms with Crippen molar-refractivity contribution in [3.8, 4) is 0 Å². The van der Waals surface area contributed by atoms with Gasteiger partial charge in [-0.3, -0.25) is 4.79 Å². The number of nitrogens with zero attached hydrogens (tertiary/aromatic N) is 2. The number of likely N-dealkylation sites (N-methyl/N-ethyl adjacent to an activating group) is 1. The van der Waals surface area contributed by atoms with Gasteiger partial charge in [0.2, 0.25) is 0 Å². The number of aliphatic hydroxyl groups is 1. The van der Waals surface area contributed by atoms with Crippen LogP contribution in [0.25, 0.3) is 0 Å². The summed E-state index contributed by atoms with van der Waals surface area (Å²) in [5.41, 5.74) is -0.717. The van der Waals surface area contributed by atoms with Crippen molar-refractivity contribution in [3.63, 3.8) is 0 Å². The molecule has 2 amide bonds. The molecule has 1 aliphatic rings. The Labute approximate surface area is 107 Å². The maximum absolute atomic E-state index is 12.1. The van der Waals surface area contributed by atoms with Crippen molar-refractivity contribution in [2.24, 2.45) is 5.41 Å². The van der Waals surface area contributed by atoms with Crippen LogP contribution >= 0.6 is 0 Å². The van der Waals surface area contributed by atoms with Crippen LogP contribution in [0.2, 0.25) is 0 Å². The average Bonchev–Trinajstić information content (AvgIpc) is 2.36. The Morgan fingerprint density at radius 2 is 1.89 bits per heavy atom. The van der Waals surface area contributed by atoms with E-state index in [1.54, 1.807) is 16.7 Å². The van der Waals surface area contributed by atoms with Crippen LogP contribution in [0.15, 0.2) is 0 Å². The first-order chi connectivity index (χ1) is 8.44. The first-order valence-electron chi connectivity index (χ1n) is 6.32. The SMILES string of the molecule is CCN(CCO)C(=O)N1CCC(C)(C(=O)O)CC1. The fourth-order valence-corrected chi connectivity index (χ4v) is 2.12. The van der Waals surface area contributed by atoms with Crippen LogP contribution in [0.4, 0.5) is 4.79 Å². The number of carboxylic acids is 1. The van der Waals surface area contributed by atoms with E-state index in [1.165, 1.54) is 0 Å². The van der Waals surface area contributed by atoms with Crippen molar-refractivity contribution in [2.45, 2.75) is 26.7 Å². The molecule has 0 saturated carbocycles. The van der Waals surface area contributed by atoms with Gasteiger partial charge in [0.15, 0.2) is 0 Å². The molecule has 1 saturated heterocycles. The topological polar surface area (TPSA) is 81.1 Å². The zero-order valence-corrected chi connectivity index (χ0v) is 11.1. The summed E-state index contributed by atoms with van der Waals surface area (Å²) in [5.74, 6) is -0.794. The molecule has 18 heavy (non-hydrogen) atoms. The normalized spacial score (nSPS) is 18.5. The van der Waals surface area contributed by atoms with Crippen LogP contribution < -0.4 is 0 Å². The number of hydrogen-bond donors (Lipinski definition) is 2. The van der Waals surface area contributed by atoms with E-state index in [-0.39, 0.29) is 12.6 Å². The Kier molecular flexibility index (Phi) is 4.95. The van der Waals surface area contributed by atoms with E-state index in [9.17, 15) is 9.59 Å². The van der Waals surface area contributed by atoms with Gasteiger partial charge in [-0.15, -0.1) is 0 Å². The molecule has 0 aromatic rings. The molecular formula is C12H22N2O4. The molecule has 0 aromatic heterocycles. The van der Waals surface area contributed by atoms with E-state index >= 15 is 0 Å². The molecule has 1 heterocycles. The number of likely N-dealkylation sites (tertiary alicyclic amines) is 1. The van der Waals surface area contributed by atoms with Gasteiger partial charge in [-0.2, -0.15) is 0 Å². The number of carbonyl (C=O) groups excluding carboxylic acids is 1. The summed E-state index contributed by atoms with van der Waals surface area (Å²) in [4.78, 5) is 26.4.